The van der Waals surface area contributed by atoms with E-state index in [9.17, 15) is 14.4 Å². The molecule has 15 heavy (non-hydrogen) atoms. The molecule has 1 aliphatic rings. The number of rotatable bonds is 5. The molecule has 0 saturated carbocycles. The molecule has 4 heteroatoms. The standard InChI is InChI=1S/C11H15NO3/c1-8(2)3-4-9(13)7-12-10(14)5-6-11(12)15/h5-6,8H,3-4,7H2,1-2H3. The van der Waals surface area contributed by atoms with E-state index in [1.165, 1.54) is 12.2 Å². The van der Waals surface area contributed by atoms with E-state index in [0.29, 0.717) is 12.3 Å². The highest BCUT2D eigenvalue weighted by atomic mass is 16.2. The molecule has 4 nitrogen and oxygen atoms in total. The zero-order valence-electron chi connectivity index (χ0n) is 9.03. The van der Waals surface area contributed by atoms with Crippen LogP contribution in [0.25, 0.3) is 0 Å². The smallest absolute Gasteiger partial charge is 0.254 e. The zero-order chi connectivity index (χ0) is 11.4. The van der Waals surface area contributed by atoms with Crippen LogP contribution in [0.1, 0.15) is 26.7 Å². The highest BCUT2D eigenvalue weighted by Gasteiger charge is 2.25. The van der Waals surface area contributed by atoms with E-state index in [1.54, 1.807) is 0 Å². The van der Waals surface area contributed by atoms with Gasteiger partial charge in [0, 0.05) is 18.6 Å². The fraction of sp³-hybridized carbons (Fsp3) is 0.545. The SMILES string of the molecule is CC(C)CCC(=O)CN1C(=O)C=CC1=O. The van der Waals surface area contributed by atoms with Gasteiger partial charge in [-0.05, 0) is 12.3 Å². The molecule has 0 aliphatic carbocycles. The summed E-state index contributed by atoms with van der Waals surface area (Å²) in [6.45, 7) is 3.97. The van der Waals surface area contributed by atoms with Gasteiger partial charge in [-0.1, -0.05) is 13.8 Å². The van der Waals surface area contributed by atoms with Crippen LogP contribution < -0.4 is 0 Å². The van der Waals surface area contributed by atoms with Crippen molar-refractivity contribution in [2.45, 2.75) is 26.7 Å². The Morgan fingerprint density at radius 3 is 2.27 bits per heavy atom. The molecule has 0 bridgehead atoms. The van der Waals surface area contributed by atoms with Gasteiger partial charge in [-0.25, -0.2) is 0 Å². The zero-order valence-corrected chi connectivity index (χ0v) is 9.03. The number of amides is 2. The monoisotopic (exact) mass is 209 g/mol. The van der Waals surface area contributed by atoms with Crippen LogP contribution in [0.3, 0.4) is 0 Å². The Morgan fingerprint density at radius 1 is 1.27 bits per heavy atom. The number of hydrogen-bond acceptors (Lipinski definition) is 3. The predicted molar refractivity (Wildman–Crippen MR) is 54.9 cm³/mol. The van der Waals surface area contributed by atoms with E-state index in [0.717, 1.165) is 11.3 Å². The molecule has 2 amide bonds. The lowest BCUT2D eigenvalue weighted by Gasteiger charge is -2.12. The Labute approximate surface area is 88.9 Å². The molecule has 0 aromatic carbocycles. The maximum Gasteiger partial charge on any atom is 0.254 e. The topological polar surface area (TPSA) is 54.5 Å². The number of nitrogens with zero attached hydrogens (tertiary/aromatic N) is 1. The minimum atomic E-state index is -0.391. The fourth-order valence-electron chi connectivity index (χ4n) is 1.29. The summed E-state index contributed by atoms with van der Waals surface area (Å²) in [5, 5.41) is 0. The summed E-state index contributed by atoms with van der Waals surface area (Å²) >= 11 is 0. The second-order valence-corrected chi connectivity index (χ2v) is 4.07. The van der Waals surface area contributed by atoms with Gasteiger partial charge in [-0.15, -0.1) is 0 Å². The lowest BCUT2D eigenvalue weighted by atomic mass is 10.1. The lowest BCUT2D eigenvalue weighted by Crippen LogP contribution is -2.35. The van der Waals surface area contributed by atoms with Gasteiger partial charge in [-0.2, -0.15) is 0 Å². The summed E-state index contributed by atoms with van der Waals surface area (Å²) in [7, 11) is 0. The Morgan fingerprint density at radius 2 is 1.80 bits per heavy atom. The first-order valence-electron chi connectivity index (χ1n) is 5.06. The van der Waals surface area contributed by atoms with Crippen LogP contribution in [-0.4, -0.2) is 29.0 Å². The molecule has 0 aromatic rings. The molecule has 0 atom stereocenters. The molecule has 0 spiro atoms. The molecular weight excluding hydrogens is 194 g/mol. The van der Waals surface area contributed by atoms with Gasteiger partial charge in [0.05, 0.1) is 6.54 Å². The summed E-state index contributed by atoms with van der Waals surface area (Å²) < 4.78 is 0. The average Bonchev–Trinajstić information content (AvgIpc) is 2.46. The van der Waals surface area contributed by atoms with Crippen LogP contribution in [0.5, 0.6) is 0 Å². The van der Waals surface area contributed by atoms with Crippen molar-refractivity contribution in [3.8, 4) is 0 Å². The number of carbonyl (C=O) groups excluding carboxylic acids is 3. The van der Waals surface area contributed by atoms with Crippen LogP contribution in [-0.2, 0) is 14.4 Å². The molecular formula is C11H15NO3. The van der Waals surface area contributed by atoms with Crippen molar-refractivity contribution in [1.82, 2.24) is 4.90 Å². The third-order valence-electron chi connectivity index (χ3n) is 2.24. The van der Waals surface area contributed by atoms with Gasteiger partial charge >= 0.3 is 0 Å². The predicted octanol–water partition coefficient (Wildman–Crippen LogP) is 0.917. The largest absolute Gasteiger partial charge is 0.298 e. The molecule has 82 valence electrons. The average molecular weight is 209 g/mol. The van der Waals surface area contributed by atoms with Gasteiger partial charge in [-0.3, -0.25) is 19.3 Å². The van der Waals surface area contributed by atoms with E-state index < -0.39 is 11.8 Å². The van der Waals surface area contributed by atoms with Crippen LogP contribution >= 0.6 is 0 Å². The van der Waals surface area contributed by atoms with Crippen molar-refractivity contribution in [3.63, 3.8) is 0 Å². The molecule has 1 aliphatic heterocycles. The molecule has 0 aromatic heterocycles. The van der Waals surface area contributed by atoms with Gasteiger partial charge in [0.25, 0.3) is 11.8 Å². The molecule has 0 N–H and O–H groups in total. The van der Waals surface area contributed by atoms with Crippen molar-refractivity contribution in [2.24, 2.45) is 5.92 Å². The van der Waals surface area contributed by atoms with Crippen molar-refractivity contribution in [1.29, 1.82) is 0 Å². The van der Waals surface area contributed by atoms with Crippen molar-refractivity contribution in [3.05, 3.63) is 12.2 Å². The summed E-state index contributed by atoms with van der Waals surface area (Å²) in [4.78, 5) is 34.6. The third-order valence-corrected chi connectivity index (χ3v) is 2.24. The van der Waals surface area contributed by atoms with Crippen LogP contribution in [0.15, 0.2) is 12.2 Å². The Hall–Kier alpha value is -1.45. The number of carbonyl (C=O) groups is 3. The maximum atomic E-state index is 11.4. The van der Waals surface area contributed by atoms with Gasteiger partial charge in [0.2, 0.25) is 0 Å². The van der Waals surface area contributed by atoms with Gasteiger partial charge < -0.3 is 0 Å². The Kier molecular flexibility index (Phi) is 3.77. The third kappa shape index (κ3) is 3.31. The highest BCUT2D eigenvalue weighted by molar-refractivity contribution is 6.14. The Bertz CT molecular complexity index is 300. The summed E-state index contributed by atoms with van der Waals surface area (Å²) in [6.07, 6.45) is 3.60. The molecule has 1 heterocycles. The van der Waals surface area contributed by atoms with Crippen LogP contribution in [0.2, 0.25) is 0 Å². The van der Waals surface area contributed by atoms with Crippen molar-refractivity contribution < 1.29 is 14.4 Å². The van der Waals surface area contributed by atoms with Gasteiger partial charge in [0.1, 0.15) is 0 Å². The number of Topliss-reactive ketones (excluding diaryl/α,β-unsaturated/α-hetero) is 1. The molecule has 0 fully saturated rings. The second kappa shape index (κ2) is 4.87. The molecule has 0 unspecified atom stereocenters. The highest BCUT2D eigenvalue weighted by Crippen LogP contribution is 2.07. The first kappa shape index (κ1) is 11.6. The molecule has 1 rings (SSSR count). The summed E-state index contributed by atoms with van der Waals surface area (Å²) in [6, 6.07) is 0. The minimum Gasteiger partial charge on any atom is -0.298 e. The number of imide groups is 1. The van der Waals surface area contributed by atoms with Gasteiger partial charge in [0.15, 0.2) is 5.78 Å². The van der Waals surface area contributed by atoms with E-state index in [4.69, 9.17) is 0 Å². The van der Waals surface area contributed by atoms with E-state index >= 15 is 0 Å². The van der Waals surface area contributed by atoms with E-state index in [-0.39, 0.29) is 12.3 Å². The number of ketones is 1. The van der Waals surface area contributed by atoms with E-state index in [2.05, 4.69) is 0 Å². The molecule has 0 radical (unpaired) electrons. The first-order valence-corrected chi connectivity index (χ1v) is 5.06. The summed E-state index contributed by atoms with van der Waals surface area (Å²) in [5.41, 5.74) is 0. The first-order chi connectivity index (χ1) is 7.00. The van der Waals surface area contributed by atoms with E-state index in [1.807, 2.05) is 13.8 Å². The molecule has 0 saturated heterocycles. The number of hydrogen-bond donors (Lipinski definition) is 0. The van der Waals surface area contributed by atoms with Crippen molar-refractivity contribution in [2.75, 3.05) is 6.54 Å². The van der Waals surface area contributed by atoms with Crippen molar-refractivity contribution >= 4 is 17.6 Å². The normalized spacial score (nSPS) is 15.5. The fourth-order valence-corrected chi connectivity index (χ4v) is 1.29. The maximum absolute atomic E-state index is 11.4. The van der Waals surface area contributed by atoms with Crippen LogP contribution in [0, 0.1) is 5.92 Å². The van der Waals surface area contributed by atoms with Crippen LogP contribution in [0.4, 0.5) is 0 Å². The second-order valence-electron chi connectivity index (χ2n) is 4.07. The Balaban J connectivity index is 2.38. The summed E-state index contributed by atoms with van der Waals surface area (Å²) in [5.74, 6) is -0.387. The lowest BCUT2D eigenvalue weighted by molar-refractivity contribution is -0.140. The minimum absolute atomic E-state index is 0.0610. The quantitative estimate of drug-likeness (QED) is 0.632.